The smallest absolute Gasteiger partial charge is 0.177 e. The molecular formula is C12H18N2O2. The Bertz CT molecular complexity index is 333. The normalized spacial score (nSPS) is 11.4. The summed E-state index contributed by atoms with van der Waals surface area (Å²) in [6.07, 6.45) is 3.49. The summed E-state index contributed by atoms with van der Waals surface area (Å²) in [4.78, 5) is 0. The van der Waals surface area contributed by atoms with Crippen molar-refractivity contribution in [2.75, 3.05) is 6.61 Å². The van der Waals surface area contributed by atoms with Gasteiger partial charge in [-0.25, -0.2) is 0 Å². The van der Waals surface area contributed by atoms with Gasteiger partial charge in [-0.05, 0) is 30.5 Å². The zero-order valence-corrected chi connectivity index (χ0v) is 9.52. The highest BCUT2D eigenvalue weighted by Crippen LogP contribution is 2.13. The van der Waals surface area contributed by atoms with Crippen LogP contribution in [0.15, 0.2) is 29.4 Å². The Hall–Kier alpha value is -1.71. The third-order valence-electron chi connectivity index (χ3n) is 2.26. The monoisotopic (exact) mass is 222 g/mol. The molecule has 0 saturated heterocycles. The molecule has 0 spiro atoms. The number of amidine groups is 1. The van der Waals surface area contributed by atoms with E-state index in [1.165, 1.54) is 18.4 Å². The second kappa shape index (κ2) is 6.71. The Morgan fingerprint density at radius 3 is 2.62 bits per heavy atom. The molecule has 0 aliphatic rings. The Balaban J connectivity index is 2.45. The van der Waals surface area contributed by atoms with Crippen LogP contribution in [0.2, 0.25) is 0 Å². The van der Waals surface area contributed by atoms with Gasteiger partial charge in [0.25, 0.3) is 0 Å². The molecule has 0 atom stereocenters. The molecule has 16 heavy (non-hydrogen) atoms. The quantitative estimate of drug-likeness (QED) is 0.335. The molecule has 0 heterocycles. The molecule has 0 aliphatic carbocycles. The number of aryl methyl sites for hydroxylation is 1. The largest absolute Gasteiger partial charge is 0.486 e. The molecule has 88 valence electrons. The van der Waals surface area contributed by atoms with Gasteiger partial charge < -0.3 is 15.7 Å². The van der Waals surface area contributed by atoms with Crippen LogP contribution in [0.5, 0.6) is 5.75 Å². The molecule has 0 saturated carbocycles. The summed E-state index contributed by atoms with van der Waals surface area (Å²) in [7, 11) is 0. The second-order valence-corrected chi connectivity index (χ2v) is 3.63. The van der Waals surface area contributed by atoms with Crippen LogP contribution >= 0.6 is 0 Å². The number of nitrogens with zero attached hydrogens (tertiary/aromatic N) is 1. The van der Waals surface area contributed by atoms with E-state index in [-0.39, 0.29) is 12.4 Å². The van der Waals surface area contributed by atoms with Crippen LogP contribution in [0.1, 0.15) is 25.3 Å². The number of hydrogen-bond acceptors (Lipinski definition) is 3. The summed E-state index contributed by atoms with van der Waals surface area (Å²) >= 11 is 0. The van der Waals surface area contributed by atoms with Crippen molar-refractivity contribution >= 4 is 5.84 Å². The molecule has 0 fully saturated rings. The fourth-order valence-electron chi connectivity index (χ4n) is 1.32. The van der Waals surface area contributed by atoms with E-state index in [1.807, 2.05) is 24.3 Å². The maximum Gasteiger partial charge on any atom is 0.177 e. The SMILES string of the molecule is CCCCc1ccc(OC/C(N)=N/O)cc1. The number of benzene rings is 1. The van der Waals surface area contributed by atoms with E-state index in [9.17, 15) is 0 Å². The number of rotatable bonds is 6. The van der Waals surface area contributed by atoms with Crippen LogP contribution in [0.3, 0.4) is 0 Å². The van der Waals surface area contributed by atoms with Crippen LogP contribution in [0, 0.1) is 0 Å². The first-order valence-electron chi connectivity index (χ1n) is 5.44. The molecule has 0 bridgehead atoms. The van der Waals surface area contributed by atoms with Crippen LogP contribution in [-0.4, -0.2) is 17.6 Å². The van der Waals surface area contributed by atoms with Crippen molar-refractivity contribution in [1.82, 2.24) is 0 Å². The average Bonchev–Trinajstić information content (AvgIpc) is 2.34. The van der Waals surface area contributed by atoms with E-state index in [1.54, 1.807) is 0 Å². The molecule has 0 unspecified atom stereocenters. The summed E-state index contributed by atoms with van der Waals surface area (Å²) in [5.74, 6) is 0.793. The Labute approximate surface area is 95.7 Å². The number of oxime groups is 1. The van der Waals surface area contributed by atoms with E-state index in [0.29, 0.717) is 0 Å². The van der Waals surface area contributed by atoms with Gasteiger partial charge in [-0.2, -0.15) is 0 Å². The lowest BCUT2D eigenvalue weighted by atomic mass is 10.1. The fourth-order valence-corrected chi connectivity index (χ4v) is 1.32. The average molecular weight is 222 g/mol. The van der Waals surface area contributed by atoms with Crippen molar-refractivity contribution in [2.45, 2.75) is 26.2 Å². The van der Waals surface area contributed by atoms with E-state index >= 15 is 0 Å². The Morgan fingerprint density at radius 2 is 2.06 bits per heavy atom. The van der Waals surface area contributed by atoms with Gasteiger partial charge in [0.05, 0.1) is 0 Å². The molecule has 4 heteroatoms. The van der Waals surface area contributed by atoms with Gasteiger partial charge in [0.15, 0.2) is 5.84 Å². The molecule has 0 radical (unpaired) electrons. The zero-order chi connectivity index (χ0) is 11.8. The Kier molecular flexibility index (Phi) is 5.19. The lowest BCUT2D eigenvalue weighted by molar-refractivity contribution is 0.306. The standard InChI is InChI=1S/C12H18N2O2/c1-2-3-4-10-5-7-11(8-6-10)16-9-12(13)14-15/h5-8,15H,2-4,9H2,1H3,(H2,13,14). The highest BCUT2D eigenvalue weighted by molar-refractivity contribution is 5.81. The van der Waals surface area contributed by atoms with Crippen molar-refractivity contribution in [3.05, 3.63) is 29.8 Å². The van der Waals surface area contributed by atoms with Crippen LogP contribution in [-0.2, 0) is 6.42 Å². The van der Waals surface area contributed by atoms with Gasteiger partial charge >= 0.3 is 0 Å². The predicted molar refractivity (Wildman–Crippen MR) is 64.0 cm³/mol. The molecular weight excluding hydrogens is 204 g/mol. The minimum atomic E-state index is 0.0649. The van der Waals surface area contributed by atoms with Crippen molar-refractivity contribution in [1.29, 1.82) is 0 Å². The minimum absolute atomic E-state index is 0.0649. The first-order chi connectivity index (χ1) is 7.76. The van der Waals surface area contributed by atoms with Crippen molar-refractivity contribution in [3.8, 4) is 5.75 Å². The fraction of sp³-hybridized carbons (Fsp3) is 0.417. The third-order valence-corrected chi connectivity index (χ3v) is 2.26. The van der Waals surface area contributed by atoms with Crippen LogP contribution < -0.4 is 10.5 Å². The minimum Gasteiger partial charge on any atom is -0.486 e. The van der Waals surface area contributed by atoms with E-state index in [2.05, 4.69) is 12.1 Å². The first kappa shape index (κ1) is 12.4. The van der Waals surface area contributed by atoms with Gasteiger partial charge in [-0.3, -0.25) is 0 Å². The van der Waals surface area contributed by atoms with Crippen molar-refractivity contribution < 1.29 is 9.94 Å². The molecule has 3 N–H and O–H groups in total. The Morgan fingerprint density at radius 1 is 1.38 bits per heavy atom. The summed E-state index contributed by atoms with van der Waals surface area (Å²) < 4.78 is 5.30. The summed E-state index contributed by atoms with van der Waals surface area (Å²) in [6.45, 7) is 2.28. The lowest BCUT2D eigenvalue weighted by Gasteiger charge is -2.05. The maximum atomic E-state index is 8.34. The summed E-state index contributed by atoms with van der Waals surface area (Å²) in [5, 5.41) is 11.2. The van der Waals surface area contributed by atoms with Gasteiger partial charge in [0.2, 0.25) is 0 Å². The van der Waals surface area contributed by atoms with Gasteiger partial charge in [-0.15, -0.1) is 0 Å². The van der Waals surface area contributed by atoms with Crippen molar-refractivity contribution in [2.24, 2.45) is 10.9 Å². The number of ether oxygens (including phenoxy) is 1. The second-order valence-electron chi connectivity index (χ2n) is 3.63. The highest BCUT2D eigenvalue weighted by atomic mass is 16.5. The molecule has 0 aliphatic heterocycles. The highest BCUT2D eigenvalue weighted by Gasteiger charge is 1.97. The summed E-state index contributed by atoms with van der Waals surface area (Å²) in [5.41, 5.74) is 6.60. The first-order valence-corrected chi connectivity index (χ1v) is 5.44. The summed E-state index contributed by atoms with van der Waals surface area (Å²) in [6, 6.07) is 7.87. The van der Waals surface area contributed by atoms with Crippen LogP contribution in [0.4, 0.5) is 0 Å². The maximum absolute atomic E-state index is 8.34. The van der Waals surface area contributed by atoms with E-state index < -0.39 is 0 Å². The zero-order valence-electron chi connectivity index (χ0n) is 9.52. The molecule has 1 rings (SSSR count). The number of unbranched alkanes of at least 4 members (excludes halogenated alkanes) is 1. The third kappa shape index (κ3) is 4.21. The van der Waals surface area contributed by atoms with Gasteiger partial charge in [0.1, 0.15) is 12.4 Å². The van der Waals surface area contributed by atoms with E-state index in [4.69, 9.17) is 15.7 Å². The predicted octanol–water partition coefficient (Wildman–Crippen LogP) is 2.15. The molecule has 4 nitrogen and oxygen atoms in total. The van der Waals surface area contributed by atoms with Crippen molar-refractivity contribution in [3.63, 3.8) is 0 Å². The van der Waals surface area contributed by atoms with Gasteiger partial charge in [-0.1, -0.05) is 30.6 Å². The van der Waals surface area contributed by atoms with Gasteiger partial charge in [0, 0.05) is 0 Å². The molecule has 1 aromatic rings. The number of hydrogen-bond donors (Lipinski definition) is 2. The lowest BCUT2D eigenvalue weighted by Crippen LogP contribution is -2.20. The van der Waals surface area contributed by atoms with E-state index in [0.717, 1.165) is 12.2 Å². The number of nitrogens with two attached hydrogens (primary N) is 1. The molecule has 0 aromatic heterocycles. The molecule has 0 amide bonds. The topological polar surface area (TPSA) is 67.8 Å². The van der Waals surface area contributed by atoms with Crippen LogP contribution in [0.25, 0.3) is 0 Å². The molecule has 1 aromatic carbocycles.